The monoisotopic (exact) mass is 426 g/mol. The normalized spacial score (nSPS) is 10.1. The maximum atomic E-state index is 11.5. The molecule has 24 heavy (non-hydrogen) atoms. The summed E-state index contributed by atoms with van der Waals surface area (Å²) in [5, 5.41) is 9.08. The van der Waals surface area contributed by atoms with Gasteiger partial charge < -0.3 is 10.6 Å². The zero-order valence-electron chi connectivity index (χ0n) is 12.9. The number of aromatic nitrogens is 4. The standard InChI is InChI=1S/C14H14N6OS2.BrH/c1-3-10(21)19-14-17-8(2)11(23-14)9-7-22-13(18-9)20-12-15-5-4-6-16-12;/h4-7H,3H2,1-2H3,(H,17,19,21)(H,15,16,18,20);1H. The van der Waals surface area contributed by atoms with Gasteiger partial charge in [0.2, 0.25) is 11.9 Å². The number of carbonyl (C=O) groups is 1. The van der Waals surface area contributed by atoms with Gasteiger partial charge in [0.05, 0.1) is 16.3 Å². The van der Waals surface area contributed by atoms with Crippen LogP contribution in [0.25, 0.3) is 10.6 Å². The van der Waals surface area contributed by atoms with Gasteiger partial charge in [-0.25, -0.2) is 19.9 Å². The highest BCUT2D eigenvalue weighted by atomic mass is 79.9. The molecule has 7 nitrogen and oxygen atoms in total. The van der Waals surface area contributed by atoms with E-state index in [9.17, 15) is 4.79 Å². The number of amides is 1. The van der Waals surface area contributed by atoms with Crippen LogP contribution in [0.2, 0.25) is 0 Å². The molecule has 1 amide bonds. The lowest BCUT2D eigenvalue weighted by atomic mass is 10.3. The van der Waals surface area contributed by atoms with Gasteiger partial charge in [-0.05, 0) is 13.0 Å². The van der Waals surface area contributed by atoms with Gasteiger partial charge in [0, 0.05) is 24.2 Å². The van der Waals surface area contributed by atoms with Crippen LogP contribution in [0.3, 0.4) is 0 Å². The first kappa shape index (κ1) is 18.4. The molecule has 0 saturated heterocycles. The van der Waals surface area contributed by atoms with Crippen molar-refractivity contribution in [3.8, 4) is 10.6 Å². The van der Waals surface area contributed by atoms with Crippen molar-refractivity contribution in [2.45, 2.75) is 20.3 Å². The summed E-state index contributed by atoms with van der Waals surface area (Å²) in [5.41, 5.74) is 1.66. The summed E-state index contributed by atoms with van der Waals surface area (Å²) in [7, 11) is 0. The van der Waals surface area contributed by atoms with E-state index in [0.29, 0.717) is 22.6 Å². The Morgan fingerprint density at radius 1 is 1.21 bits per heavy atom. The molecule has 0 aliphatic heterocycles. The number of thiazole rings is 2. The molecule has 3 aromatic rings. The quantitative estimate of drug-likeness (QED) is 0.639. The van der Waals surface area contributed by atoms with Crippen LogP contribution in [0.15, 0.2) is 23.8 Å². The van der Waals surface area contributed by atoms with Crippen molar-refractivity contribution < 1.29 is 4.79 Å². The van der Waals surface area contributed by atoms with E-state index in [1.807, 2.05) is 12.3 Å². The van der Waals surface area contributed by atoms with E-state index in [2.05, 4.69) is 30.6 Å². The van der Waals surface area contributed by atoms with Crippen molar-refractivity contribution in [3.63, 3.8) is 0 Å². The molecule has 0 aromatic carbocycles. The molecule has 0 spiro atoms. The third-order valence-electron chi connectivity index (χ3n) is 2.89. The summed E-state index contributed by atoms with van der Waals surface area (Å²) < 4.78 is 0. The van der Waals surface area contributed by atoms with Gasteiger partial charge in [0.15, 0.2) is 10.3 Å². The van der Waals surface area contributed by atoms with Gasteiger partial charge in [-0.1, -0.05) is 18.3 Å². The lowest BCUT2D eigenvalue weighted by molar-refractivity contribution is -0.115. The average molecular weight is 427 g/mol. The SMILES string of the molecule is Br.CCC(=O)Nc1nc(C)c(-c2csc(Nc3ncccn3)n2)s1. The van der Waals surface area contributed by atoms with Gasteiger partial charge in [0.1, 0.15) is 0 Å². The Hall–Kier alpha value is -1.91. The number of carbonyl (C=O) groups excluding carboxylic acids is 1. The smallest absolute Gasteiger partial charge is 0.228 e. The molecule has 0 radical (unpaired) electrons. The van der Waals surface area contributed by atoms with E-state index >= 15 is 0 Å². The Morgan fingerprint density at radius 2 is 1.96 bits per heavy atom. The fourth-order valence-corrected chi connectivity index (χ4v) is 3.50. The van der Waals surface area contributed by atoms with Crippen LogP contribution in [0.4, 0.5) is 16.2 Å². The van der Waals surface area contributed by atoms with E-state index in [0.717, 1.165) is 16.3 Å². The van der Waals surface area contributed by atoms with Gasteiger partial charge in [-0.3, -0.25) is 4.79 Å². The first-order valence-corrected chi connectivity index (χ1v) is 8.62. The molecule has 0 fully saturated rings. The van der Waals surface area contributed by atoms with Crippen molar-refractivity contribution >= 4 is 61.8 Å². The van der Waals surface area contributed by atoms with E-state index < -0.39 is 0 Å². The van der Waals surface area contributed by atoms with Gasteiger partial charge >= 0.3 is 0 Å². The van der Waals surface area contributed by atoms with Crippen molar-refractivity contribution in [2.75, 3.05) is 10.6 Å². The second kappa shape index (κ2) is 8.27. The number of nitrogens with one attached hydrogen (secondary N) is 2. The van der Waals surface area contributed by atoms with Crippen LogP contribution >= 0.6 is 39.7 Å². The molecule has 10 heteroatoms. The number of anilines is 3. The molecule has 2 N–H and O–H groups in total. The van der Waals surface area contributed by atoms with E-state index in [-0.39, 0.29) is 22.9 Å². The summed E-state index contributed by atoms with van der Waals surface area (Å²) in [6.45, 7) is 3.71. The van der Waals surface area contributed by atoms with Crippen LogP contribution in [-0.2, 0) is 4.79 Å². The molecule has 3 rings (SSSR count). The minimum Gasteiger partial charge on any atom is -0.302 e. The summed E-state index contributed by atoms with van der Waals surface area (Å²) >= 11 is 2.88. The summed E-state index contributed by atoms with van der Waals surface area (Å²) in [6.07, 6.45) is 3.76. The summed E-state index contributed by atoms with van der Waals surface area (Å²) in [4.78, 5) is 29.5. The second-order valence-electron chi connectivity index (χ2n) is 4.57. The fraction of sp³-hybridized carbons (Fsp3) is 0.214. The van der Waals surface area contributed by atoms with Crippen molar-refractivity contribution in [1.29, 1.82) is 0 Å². The molecule has 0 unspecified atom stereocenters. The van der Waals surface area contributed by atoms with Crippen LogP contribution in [0.5, 0.6) is 0 Å². The maximum absolute atomic E-state index is 11.5. The predicted octanol–water partition coefficient (Wildman–Crippen LogP) is 4.04. The van der Waals surface area contributed by atoms with Crippen LogP contribution in [-0.4, -0.2) is 25.8 Å². The lowest BCUT2D eigenvalue weighted by Crippen LogP contribution is -2.08. The molecule has 0 bridgehead atoms. The summed E-state index contributed by atoms with van der Waals surface area (Å²) in [6, 6.07) is 1.76. The molecule has 0 atom stereocenters. The second-order valence-corrected chi connectivity index (χ2v) is 6.43. The number of hydrogen-bond acceptors (Lipinski definition) is 8. The number of rotatable bonds is 5. The lowest BCUT2D eigenvalue weighted by Gasteiger charge is -1.98. The number of hydrogen-bond donors (Lipinski definition) is 2. The van der Waals surface area contributed by atoms with Gasteiger partial charge in [-0.15, -0.1) is 28.3 Å². The van der Waals surface area contributed by atoms with Crippen molar-refractivity contribution in [3.05, 3.63) is 29.5 Å². The highest BCUT2D eigenvalue weighted by Gasteiger charge is 2.14. The molecule has 0 aliphatic carbocycles. The number of nitrogens with zero attached hydrogens (tertiary/aromatic N) is 4. The minimum atomic E-state index is -0.0489. The average Bonchev–Trinajstić information content (AvgIpc) is 3.14. The zero-order valence-corrected chi connectivity index (χ0v) is 16.3. The Kier molecular flexibility index (Phi) is 6.35. The van der Waals surface area contributed by atoms with Crippen LogP contribution < -0.4 is 10.6 Å². The number of aryl methyl sites for hydroxylation is 1. The zero-order chi connectivity index (χ0) is 16.2. The number of halogens is 1. The largest absolute Gasteiger partial charge is 0.302 e. The molecule has 0 saturated carbocycles. The molecule has 3 heterocycles. The maximum Gasteiger partial charge on any atom is 0.228 e. The third-order valence-corrected chi connectivity index (χ3v) is 4.74. The molecule has 126 valence electrons. The third kappa shape index (κ3) is 4.34. The van der Waals surface area contributed by atoms with Gasteiger partial charge in [0.25, 0.3) is 0 Å². The Balaban J connectivity index is 0.00000208. The first-order valence-electron chi connectivity index (χ1n) is 6.93. The Labute approximate surface area is 157 Å². The summed E-state index contributed by atoms with van der Waals surface area (Å²) in [5.74, 6) is 0.456. The minimum absolute atomic E-state index is 0. The van der Waals surface area contributed by atoms with Crippen molar-refractivity contribution in [2.24, 2.45) is 0 Å². The molecule has 3 aromatic heterocycles. The Morgan fingerprint density at radius 3 is 2.67 bits per heavy atom. The van der Waals surface area contributed by atoms with Crippen LogP contribution in [0.1, 0.15) is 19.0 Å². The van der Waals surface area contributed by atoms with Crippen molar-refractivity contribution in [1.82, 2.24) is 19.9 Å². The molecular formula is C14H15BrN6OS2. The van der Waals surface area contributed by atoms with E-state index in [1.165, 1.54) is 22.7 Å². The first-order chi connectivity index (χ1) is 11.2. The fourth-order valence-electron chi connectivity index (χ4n) is 1.79. The molecular weight excluding hydrogens is 412 g/mol. The topological polar surface area (TPSA) is 92.7 Å². The predicted molar refractivity (Wildman–Crippen MR) is 103 cm³/mol. The van der Waals surface area contributed by atoms with E-state index in [4.69, 9.17) is 0 Å². The molecule has 0 aliphatic rings. The Bertz CT molecular complexity index is 820. The van der Waals surface area contributed by atoms with E-state index in [1.54, 1.807) is 25.4 Å². The van der Waals surface area contributed by atoms with Gasteiger partial charge in [-0.2, -0.15) is 0 Å². The van der Waals surface area contributed by atoms with Crippen LogP contribution in [0, 0.1) is 6.92 Å². The highest BCUT2D eigenvalue weighted by molar-refractivity contribution is 8.93. The highest BCUT2D eigenvalue weighted by Crippen LogP contribution is 2.34.